The van der Waals surface area contributed by atoms with Crippen LogP contribution in [-0.2, 0) is 6.54 Å². The summed E-state index contributed by atoms with van der Waals surface area (Å²) in [7, 11) is 1.16. The summed E-state index contributed by atoms with van der Waals surface area (Å²) in [4.78, 5) is 18.6. The van der Waals surface area contributed by atoms with Crippen molar-refractivity contribution in [3.05, 3.63) is 54.2 Å². The Balaban J connectivity index is 1.58. The SMILES string of the molecule is COc1c(F)cc(-c2cc(Cn3cnc4c(N)ncnc43)c(N3CC[C@](N)([C@H](O)C(F)F)C3)cn2)cc1F. The number of aliphatic hydroxyl groups excluding tert-OH is 1. The molecule has 10 nitrogen and oxygen atoms in total. The van der Waals surface area contributed by atoms with Crippen molar-refractivity contribution in [2.45, 2.75) is 31.0 Å². The molecule has 5 N–H and O–H groups in total. The van der Waals surface area contributed by atoms with Crippen molar-refractivity contribution in [2.24, 2.45) is 5.73 Å². The van der Waals surface area contributed by atoms with Crippen molar-refractivity contribution in [2.75, 3.05) is 30.8 Å². The fourth-order valence-corrected chi connectivity index (χ4v) is 4.71. The van der Waals surface area contributed by atoms with E-state index in [0.717, 1.165) is 19.2 Å². The van der Waals surface area contributed by atoms with Crippen molar-refractivity contribution in [3.63, 3.8) is 0 Å². The number of hydrogen-bond acceptors (Lipinski definition) is 9. The Morgan fingerprint density at radius 1 is 1.13 bits per heavy atom. The first-order chi connectivity index (χ1) is 18.1. The highest BCUT2D eigenvalue weighted by Crippen LogP contribution is 2.35. The van der Waals surface area contributed by atoms with Crippen LogP contribution in [0.5, 0.6) is 5.75 Å². The molecule has 0 unspecified atom stereocenters. The fraction of sp³-hybridized carbons (Fsp3) is 0.333. The molecule has 4 aromatic rings. The van der Waals surface area contributed by atoms with Crippen LogP contribution in [0.3, 0.4) is 0 Å². The number of ether oxygens (including phenoxy) is 1. The number of anilines is 2. The Kier molecular flexibility index (Phi) is 6.53. The van der Waals surface area contributed by atoms with Crippen molar-refractivity contribution in [3.8, 4) is 17.0 Å². The Labute approximate surface area is 213 Å². The molecule has 0 spiro atoms. The number of hydrogen-bond donors (Lipinski definition) is 3. The van der Waals surface area contributed by atoms with Crippen LogP contribution in [0.15, 0.2) is 37.1 Å². The molecule has 0 aliphatic carbocycles. The fourth-order valence-electron chi connectivity index (χ4n) is 4.71. The lowest BCUT2D eigenvalue weighted by molar-refractivity contribution is -0.0438. The number of aliphatic hydroxyl groups is 1. The summed E-state index contributed by atoms with van der Waals surface area (Å²) in [6.07, 6.45) is -0.593. The third kappa shape index (κ3) is 4.45. The zero-order valence-electron chi connectivity index (χ0n) is 20.2. The van der Waals surface area contributed by atoms with Gasteiger partial charge in [-0.15, -0.1) is 0 Å². The molecule has 0 bridgehead atoms. The lowest BCUT2D eigenvalue weighted by atomic mass is 9.93. The predicted octanol–water partition coefficient (Wildman–Crippen LogP) is 2.34. The molecule has 1 saturated heterocycles. The van der Waals surface area contributed by atoms with Crippen LogP contribution in [0.4, 0.5) is 29.1 Å². The van der Waals surface area contributed by atoms with Crippen LogP contribution in [0, 0.1) is 11.6 Å². The minimum atomic E-state index is -3.00. The van der Waals surface area contributed by atoms with Crippen LogP contribution in [0.25, 0.3) is 22.4 Å². The molecule has 38 heavy (non-hydrogen) atoms. The average Bonchev–Trinajstić information content (AvgIpc) is 3.48. The number of alkyl halides is 2. The van der Waals surface area contributed by atoms with Gasteiger partial charge in [0, 0.05) is 18.7 Å². The molecule has 0 saturated carbocycles. The molecule has 5 rings (SSSR count). The Hall–Kier alpha value is -4.04. The van der Waals surface area contributed by atoms with Crippen molar-refractivity contribution >= 4 is 22.7 Å². The van der Waals surface area contributed by atoms with Crippen LogP contribution < -0.4 is 21.1 Å². The second kappa shape index (κ2) is 9.68. The summed E-state index contributed by atoms with van der Waals surface area (Å²) >= 11 is 0. The van der Waals surface area contributed by atoms with Crippen LogP contribution in [0.1, 0.15) is 12.0 Å². The van der Waals surface area contributed by atoms with Gasteiger partial charge in [0.2, 0.25) is 0 Å². The minimum absolute atomic E-state index is 0.0574. The first-order valence-electron chi connectivity index (χ1n) is 11.5. The number of rotatable bonds is 7. The smallest absolute Gasteiger partial charge is 0.265 e. The van der Waals surface area contributed by atoms with E-state index in [9.17, 15) is 22.7 Å². The lowest BCUT2D eigenvalue weighted by Gasteiger charge is -2.30. The van der Waals surface area contributed by atoms with E-state index in [-0.39, 0.29) is 43.1 Å². The summed E-state index contributed by atoms with van der Waals surface area (Å²) < 4.78 is 61.8. The second-order valence-electron chi connectivity index (χ2n) is 9.16. The average molecular weight is 533 g/mol. The van der Waals surface area contributed by atoms with Gasteiger partial charge in [-0.2, -0.15) is 0 Å². The Morgan fingerprint density at radius 2 is 1.87 bits per heavy atom. The molecule has 3 aromatic heterocycles. The topological polar surface area (TPSA) is 141 Å². The number of fused-ring (bicyclic) bond motifs is 1. The molecule has 200 valence electrons. The number of nitrogen functional groups attached to an aromatic ring is 1. The molecule has 1 aliphatic heterocycles. The van der Waals surface area contributed by atoms with Gasteiger partial charge in [0.1, 0.15) is 17.9 Å². The standard InChI is InChI=1S/C24H24F4N8O2/c1-38-19-14(25)4-12(5-15(19)26)16-6-13(8-36-11-34-18-22(29)32-10-33-23(18)36)17(7-31-16)35-3-2-24(30,9-35)20(37)21(27)28/h4-7,10-11,20-21,37H,2-3,8-9,30H2,1H3,(H2,29,32,33)/t20-,24-/m1/s1. The number of aromatic nitrogens is 5. The molecular weight excluding hydrogens is 508 g/mol. The number of imidazole rings is 1. The number of pyridine rings is 1. The van der Waals surface area contributed by atoms with Crippen LogP contribution in [0.2, 0.25) is 0 Å². The highest BCUT2D eigenvalue weighted by atomic mass is 19.3. The number of benzene rings is 1. The zero-order valence-corrected chi connectivity index (χ0v) is 20.2. The molecule has 4 heterocycles. The number of methoxy groups -OCH3 is 1. The third-order valence-corrected chi connectivity index (χ3v) is 6.74. The zero-order chi connectivity index (χ0) is 27.2. The first-order valence-corrected chi connectivity index (χ1v) is 11.5. The van der Waals surface area contributed by atoms with Gasteiger partial charge in [-0.25, -0.2) is 32.5 Å². The van der Waals surface area contributed by atoms with E-state index in [1.54, 1.807) is 15.5 Å². The van der Waals surface area contributed by atoms with E-state index in [1.165, 1.54) is 18.9 Å². The highest BCUT2D eigenvalue weighted by Gasteiger charge is 2.45. The van der Waals surface area contributed by atoms with E-state index in [0.29, 0.717) is 22.4 Å². The van der Waals surface area contributed by atoms with E-state index in [1.807, 2.05) is 0 Å². The van der Waals surface area contributed by atoms with E-state index in [2.05, 4.69) is 19.9 Å². The van der Waals surface area contributed by atoms with Gasteiger partial charge < -0.3 is 30.8 Å². The first kappa shape index (κ1) is 25.6. The Morgan fingerprint density at radius 3 is 2.55 bits per heavy atom. The normalized spacial score (nSPS) is 18.5. The van der Waals surface area contributed by atoms with Gasteiger partial charge in [0.25, 0.3) is 6.43 Å². The quantitative estimate of drug-likeness (QED) is 0.306. The maximum atomic E-state index is 14.4. The third-order valence-electron chi connectivity index (χ3n) is 6.74. The number of nitrogens with two attached hydrogens (primary N) is 2. The summed E-state index contributed by atoms with van der Waals surface area (Å²) in [5, 5.41) is 10.0. The Bertz CT molecular complexity index is 1480. The predicted molar refractivity (Wildman–Crippen MR) is 131 cm³/mol. The van der Waals surface area contributed by atoms with Crippen LogP contribution >= 0.6 is 0 Å². The second-order valence-corrected chi connectivity index (χ2v) is 9.16. The van der Waals surface area contributed by atoms with E-state index >= 15 is 0 Å². The lowest BCUT2D eigenvalue weighted by Crippen LogP contribution is -2.55. The van der Waals surface area contributed by atoms with Gasteiger partial charge in [0.15, 0.2) is 28.8 Å². The molecular formula is C24H24F4N8O2. The largest absolute Gasteiger partial charge is 0.491 e. The minimum Gasteiger partial charge on any atom is -0.491 e. The van der Waals surface area contributed by atoms with E-state index < -0.39 is 35.5 Å². The maximum Gasteiger partial charge on any atom is 0.265 e. The van der Waals surface area contributed by atoms with Crippen molar-refractivity contribution in [1.82, 2.24) is 24.5 Å². The van der Waals surface area contributed by atoms with Crippen LogP contribution in [-0.4, -0.2) is 67.9 Å². The number of nitrogens with zero attached hydrogens (tertiary/aromatic N) is 6. The molecule has 0 amide bonds. The highest BCUT2D eigenvalue weighted by molar-refractivity contribution is 5.81. The van der Waals surface area contributed by atoms with Gasteiger partial charge in [-0.3, -0.25) is 4.98 Å². The maximum absolute atomic E-state index is 14.4. The monoisotopic (exact) mass is 532 g/mol. The van der Waals surface area contributed by atoms with E-state index in [4.69, 9.17) is 16.2 Å². The molecule has 0 radical (unpaired) electrons. The van der Waals surface area contributed by atoms with Gasteiger partial charge in [0.05, 0.1) is 43.1 Å². The van der Waals surface area contributed by atoms with Gasteiger partial charge >= 0.3 is 0 Å². The molecule has 1 aliphatic rings. The summed E-state index contributed by atoms with van der Waals surface area (Å²) in [6.45, 7) is 0.391. The molecule has 14 heteroatoms. The van der Waals surface area contributed by atoms with Gasteiger partial charge in [-0.1, -0.05) is 0 Å². The van der Waals surface area contributed by atoms with Crippen molar-refractivity contribution < 1.29 is 27.4 Å². The van der Waals surface area contributed by atoms with Gasteiger partial charge in [-0.05, 0) is 30.2 Å². The summed E-state index contributed by atoms with van der Waals surface area (Å²) in [6, 6.07) is 3.84. The summed E-state index contributed by atoms with van der Waals surface area (Å²) in [5.41, 5.74) is 12.9. The molecule has 1 fully saturated rings. The molecule has 2 atom stereocenters. The number of halogens is 4. The van der Waals surface area contributed by atoms with Crippen molar-refractivity contribution in [1.29, 1.82) is 0 Å². The summed E-state index contributed by atoms with van der Waals surface area (Å²) in [5.74, 6) is -2.10. The molecule has 1 aromatic carbocycles.